The van der Waals surface area contributed by atoms with Gasteiger partial charge in [-0.2, -0.15) is 5.10 Å². The largest absolute Gasteiger partial charge is 0.452 e. The van der Waals surface area contributed by atoms with Crippen molar-refractivity contribution in [3.63, 3.8) is 0 Å². The van der Waals surface area contributed by atoms with E-state index in [2.05, 4.69) is 10.4 Å². The maximum Gasteiger partial charge on any atom is 0.339 e. The lowest BCUT2D eigenvalue weighted by Crippen LogP contribution is -2.23. The van der Waals surface area contributed by atoms with Gasteiger partial charge in [0.2, 0.25) is 0 Å². The summed E-state index contributed by atoms with van der Waals surface area (Å²) >= 11 is 0. The average Bonchev–Trinajstić information content (AvgIpc) is 2.96. The Morgan fingerprint density at radius 2 is 1.93 bits per heavy atom. The minimum Gasteiger partial charge on any atom is -0.452 e. The number of hydrogen-bond donors (Lipinski definition) is 1. The summed E-state index contributed by atoms with van der Waals surface area (Å²) in [6.07, 6.45) is 3.75. The third-order valence-electron chi connectivity index (χ3n) is 5.48. The van der Waals surface area contributed by atoms with Gasteiger partial charge in [0.1, 0.15) is 0 Å². The molecule has 2 heterocycles. The minimum absolute atomic E-state index is 0.349. The summed E-state index contributed by atoms with van der Waals surface area (Å²) in [7, 11) is 1.82. The fourth-order valence-corrected chi connectivity index (χ4v) is 3.94. The van der Waals surface area contributed by atoms with Gasteiger partial charge in [0.25, 0.3) is 5.91 Å². The molecule has 0 radical (unpaired) electrons. The summed E-state index contributed by atoms with van der Waals surface area (Å²) in [6.45, 7) is 3.35. The van der Waals surface area contributed by atoms with Crippen LogP contribution < -0.4 is 5.32 Å². The number of hydrogen-bond acceptors (Lipinski definition) is 5. The molecule has 150 valence electrons. The molecular weight excluding hydrogens is 368 g/mol. The topological polar surface area (TPSA) is 86.1 Å². The lowest BCUT2D eigenvalue weighted by Gasteiger charge is -2.19. The van der Waals surface area contributed by atoms with Gasteiger partial charge in [0.15, 0.2) is 6.61 Å². The molecule has 1 aromatic carbocycles. The average molecular weight is 392 g/mol. The number of nitrogens with zero attached hydrogens (tertiary/aromatic N) is 3. The van der Waals surface area contributed by atoms with Crippen LogP contribution in [0.2, 0.25) is 0 Å². The van der Waals surface area contributed by atoms with Gasteiger partial charge in [-0.3, -0.25) is 14.5 Å². The van der Waals surface area contributed by atoms with E-state index in [0.29, 0.717) is 11.3 Å². The number of benzene rings is 1. The maximum atomic E-state index is 13.0. The highest BCUT2D eigenvalue weighted by atomic mass is 16.5. The van der Waals surface area contributed by atoms with Crippen LogP contribution in [0.3, 0.4) is 0 Å². The molecule has 1 aliphatic rings. The standard InChI is InChI=1S/C22H24N4O3/c1-13-21(14(2)26(3)25-13)24-19(27)12-29-22(28)20-15-8-4-6-10-17(15)23-18-11-7-5-9-16(18)20/h4,6,8,10H,5,7,9,11-12H2,1-3H3,(H,24,27). The van der Waals surface area contributed by atoms with E-state index < -0.39 is 5.97 Å². The first kappa shape index (κ1) is 19.1. The minimum atomic E-state index is -0.475. The molecule has 3 aromatic rings. The maximum absolute atomic E-state index is 13.0. The van der Waals surface area contributed by atoms with Crippen molar-refractivity contribution in [3.8, 4) is 0 Å². The molecule has 0 unspecified atom stereocenters. The van der Waals surface area contributed by atoms with E-state index in [1.165, 1.54) is 0 Å². The van der Waals surface area contributed by atoms with Gasteiger partial charge < -0.3 is 10.1 Å². The number of ether oxygens (including phenoxy) is 1. The molecule has 0 atom stereocenters. The zero-order valence-electron chi connectivity index (χ0n) is 16.9. The van der Waals surface area contributed by atoms with Gasteiger partial charge in [-0.25, -0.2) is 4.79 Å². The lowest BCUT2D eigenvalue weighted by atomic mass is 9.90. The number of aromatic nitrogens is 3. The van der Waals surface area contributed by atoms with Gasteiger partial charge in [-0.05, 0) is 51.2 Å². The number of carbonyl (C=O) groups is 2. The zero-order chi connectivity index (χ0) is 20.5. The molecule has 2 aromatic heterocycles. The molecule has 0 bridgehead atoms. The van der Waals surface area contributed by atoms with Gasteiger partial charge >= 0.3 is 5.97 Å². The third-order valence-corrected chi connectivity index (χ3v) is 5.48. The highest BCUT2D eigenvalue weighted by molar-refractivity contribution is 6.06. The molecular formula is C22H24N4O3. The monoisotopic (exact) mass is 392 g/mol. The first-order chi connectivity index (χ1) is 14.0. The number of rotatable bonds is 4. The van der Waals surface area contributed by atoms with Crippen LogP contribution in [0.4, 0.5) is 5.69 Å². The second kappa shape index (κ2) is 7.66. The quantitative estimate of drug-likeness (QED) is 0.689. The molecule has 29 heavy (non-hydrogen) atoms. The SMILES string of the molecule is Cc1nn(C)c(C)c1NC(=O)COC(=O)c1c2c(nc3ccccc13)CCCC2. The molecule has 1 amide bonds. The Labute approximate surface area is 169 Å². The van der Waals surface area contributed by atoms with E-state index in [1.807, 2.05) is 45.2 Å². The number of anilines is 1. The van der Waals surface area contributed by atoms with Crippen LogP contribution in [0.5, 0.6) is 0 Å². The van der Waals surface area contributed by atoms with E-state index in [9.17, 15) is 9.59 Å². The Morgan fingerprint density at radius 3 is 2.69 bits per heavy atom. The second-order valence-electron chi connectivity index (χ2n) is 7.43. The normalized spacial score (nSPS) is 13.2. The van der Waals surface area contributed by atoms with Crippen LogP contribution in [-0.2, 0) is 29.4 Å². The molecule has 0 spiro atoms. The predicted octanol–water partition coefficient (Wildman–Crippen LogP) is 3.26. The Bertz CT molecular complexity index is 1120. The van der Waals surface area contributed by atoms with E-state index >= 15 is 0 Å². The number of carbonyl (C=O) groups excluding carboxylic acids is 2. The highest BCUT2D eigenvalue weighted by Gasteiger charge is 2.24. The number of nitrogens with one attached hydrogen (secondary N) is 1. The Kier molecular flexibility index (Phi) is 5.05. The van der Waals surface area contributed by atoms with Crippen molar-refractivity contribution >= 4 is 28.5 Å². The molecule has 1 N–H and O–H groups in total. The van der Waals surface area contributed by atoms with Crippen LogP contribution in [0, 0.1) is 13.8 Å². The summed E-state index contributed by atoms with van der Waals surface area (Å²) in [6, 6.07) is 7.58. The number of para-hydroxylation sites is 1. The first-order valence-electron chi connectivity index (χ1n) is 9.83. The van der Waals surface area contributed by atoms with Gasteiger partial charge in [0.05, 0.1) is 28.2 Å². The molecule has 4 rings (SSSR count). The van der Waals surface area contributed by atoms with Crippen molar-refractivity contribution in [2.75, 3.05) is 11.9 Å². The number of pyridine rings is 1. The van der Waals surface area contributed by atoms with E-state index in [1.54, 1.807) is 4.68 Å². The smallest absolute Gasteiger partial charge is 0.339 e. The molecule has 1 aliphatic carbocycles. The fraction of sp³-hybridized carbons (Fsp3) is 0.364. The molecule has 0 fully saturated rings. The molecule has 7 heteroatoms. The number of amides is 1. The van der Waals surface area contributed by atoms with E-state index in [4.69, 9.17) is 9.72 Å². The Balaban J connectivity index is 1.56. The summed E-state index contributed by atoms with van der Waals surface area (Å²) in [4.78, 5) is 30.1. The van der Waals surface area contributed by atoms with Crippen molar-refractivity contribution < 1.29 is 14.3 Å². The van der Waals surface area contributed by atoms with Crippen molar-refractivity contribution in [3.05, 3.63) is 52.5 Å². The summed E-state index contributed by atoms with van der Waals surface area (Å²) in [5, 5.41) is 7.85. The van der Waals surface area contributed by atoms with Gasteiger partial charge in [0, 0.05) is 18.1 Å². The van der Waals surface area contributed by atoms with E-state index in [-0.39, 0.29) is 12.5 Å². The third kappa shape index (κ3) is 3.60. The first-order valence-corrected chi connectivity index (χ1v) is 9.83. The zero-order valence-corrected chi connectivity index (χ0v) is 16.9. The van der Waals surface area contributed by atoms with Crippen molar-refractivity contribution in [2.45, 2.75) is 39.5 Å². The molecule has 7 nitrogen and oxygen atoms in total. The number of fused-ring (bicyclic) bond motifs is 2. The lowest BCUT2D eigenvalue weighted by molar-refractivity contribution is -0.119. The molecule has 0 saturated heterocycles. The molecule has 0 saturated carbocycles. The van der Waals surface area contributed by atoms with Crippen molar-refractivity contribution in [1.29, 1.82) is 0 Å². The Hall–Kier alpha value is -3.22. The van der Waals surface area contributed by atoms with Gasteiger partial charge in [-0.15, -0.1) is 0 Å². The van der Waals surface area contributed by atoms with Crippen LogP contribution in [0.1, 0.15) is 45.8 Å². The van der Waals surface area contributed by atoms with Crippen molar-refractivity contribution in [2.24, 2.45) is 7.05 Å². The summed E-state index contributed by atoms with van der Waals surface area (Å²) < 4.78 is 7.12. The van der Waals surface area contributed by atoms with E-state index in [0.717, 1.165) is 59.2 Å². The summed E-state index contributed by atoms with van der Waals surface area (Å²) in [5.41, 5.74) is 5.47. The van der Waals surface area contributed by atoms with Gasteiger partial charge in [-0.1, -0.05) is 18.2 Å². The fourth-order valence-electron chi connectivity index (χ4n) is 3.94. The molecule has 0 aliphatic heterocycles. The highest BCUT2D eigenvalue weighted by Crippen LogP contribution is 2.29. The Morgan fingerprint density at radius 1 is 1.17 bits per heavy atom. The van der Waals surface area contributed by atoms with Crippen LogP contribution in [0.15, 0.2) is 24.3 Å². The number of esters is 1. The second-order valence-corrected chi connectivity index (χ2v) is 7.43. The summed E-state index contributed by atoms with van der Waals surface area (Å²) in [5.74, 6) is -0.860. The number of aryl methyl sites for hydroxylation is 3. The van der Waals surface area contributed by atoms with Crippen molar-refractivity contribution in [1.82, 2.24) is 14.8 Å². The van der Waals surface area contributed by atoms with Crippen LogP contribution >= 0.6 is 0 Å². The van der Waals surface area contributed by atoms with Crippen LogP contribution in [-0.4, -0.2) is 33.2 Å². The van der Waals surface area contributed by atoms with Crippen LogP contribution in [0.25, 0.3) is 10.9 Å². The predicted molar refractivity (Wildman–Crippen MR) is 110 cm³/mol.